The standard InChI is InChI=1S/C16H28N2O/c1-2-5-15(6-3-1)17-9-4-10-18(12-11-17)16-7-13-19-14-8-16/h2,5,15-16H,1,3-4,6-14H2. The molecule has 3 aliphatic rings. The van der Waals surface area contributed by atoms with E-state index in [4.69, 9.17) is 4.74 Å². The van der Waals surface area contributed by atoms with E-state index in [-0.39, 0.29) is 0 Å². The summed E-state index contributed by atoms with van der Waals surface area (Å²) in [5, 5.41) is 0. The van der Waals surface area contributed by atoms with E-state index in [1.54, 1.807) is 0 Å². The molecule has 0 aromatic carbocycles. The van der Waals surface area contributed by atoms with Crippen LogP contribution in [0.15, 0.2) is 12.2 Å². The SMILES string of the molecule is C1=CC(N2CCCN(C3CCOCC3)CC2)CCC1. The lowest BCUT2D eigenvalue weighted by Gasteiger charge is -2.34. The maximum Gasteiger partial charge on any atom is 0.0480 e. The molecule has 0 radical (unpaired) electrons. The lowest BCUT2D eigenvalue weighted by atomic mass is 10.0. The number of rotatable bonds is 2. The van der Waals surface area contributed by atoms with Crippen molar-refractivity contribution in [3.8, 4) is 0 Å². The van der Waals surface area contributed by atoms with Crippen LogP contribution in [0.2, 0.25) is 0 Å². The first-order valence-electron chi connectivity index (χ1n) is 8.16. The summed E-state index contributed by atoms with van der Waals surface area (Å²) in [6.45, 7) is 7.03. The molecule has 0 aromatic heterocycles. The second-order valence-electron chi connectivity index (χ2n) is 6.20. The largest absolute Gasteiger partial charge is 0.381 e. The van der Waals surface area contributed by atoms with Gasteiger partial charge in [-0.2, -0.15) is 0 Å². The zero-order chi connectivity index (χ0) is 12.9. The average molecular weight is 264 g/mol. The number of hydrogen-bond donors (Lipinski definition) is 0. The maximum absolute atomic E-state index is 5.49. The summed E-state index contributed by atoms with van der Waals surface area (Å²) in [6, 6.07) is 1.51. The Hall–Kier alpha value is -0.380. The molecule has 0 saturated carbocycles. The van der Waals surface area contributed by atoms with Gasteiger partial charge in [0.1, 0.15) is 0 Å². The van der Waals surface area contributed by atoms with Crippen LogP contribution in [-0.2, 0) is 4.74 Å². The summed E-state index contributed by atoms with van der Waals surface area (Å²) in [5.41, 5.74) is 0. The summed E-state index contributed by atoms with van der Waals surface area (Å²) in [5.74, 6) is 0. The van der Waals surface area contributed by atoms with E-state index >= 15 is 0 Å². The first-order valence-corrected chi connectivity index (χ1v) is 8.16. The number of hydrogen-bond acceptors (Lipinski definition) is 3. The van der Waals surface area contributed by atoms with Crippen LogP contribution >= 0.6 is 0 Å². The molecular formula is C16H28N2O. The summed E-state index contributed by atoms with van der Waals surface area (Å²) in [7, 11) is 0. The van der Waals surface area contributed by atoms with Gasteiger partial charge >= 0.3 is 0 Å². The van der Waals surface area contributed by atoms with E-state index < -0.39 is 0 Å². The molecule has 1 unspecified atom stereocenters. The Bertz CT molecular complexity index is 299. The van der Waals surface area contributed by atoms with Crippen LogP contribution in [0.3, 0.4) is 0 Å². The molecule has 2 heterocycles. The molecule has 2 fully saturated rings. The third-order valence-electron chi connectivity index (χ3n) is 4.97. The highest BCUT2D eigenvalue weighted by molar-refractivity contribution is 4.99. The minimum absolute atomic E-state index is 0.725. The zero-order valence-electron chi connectivity index (χ0n) is 12.1. The normalized spacial score (nSPS) is 32.3. The molecule has 0 aromatic rings. The highest BCUT2D eigenvalue weighted by Gasteiger charge is 2.26. The first kappa shape index (κ1) is 13.6. The Balaban J connectivity index is 1.52. The van der Waals surface area contributed by atoms with Gasteiger partial charge in [-0.3, -0.25) is 9.80 Å². The number of nitrogens with zero attached hydrogens (tertiary/aromatic N) is 2. The topological polar surface area (TPSA) is 15.7 Å². The molecule has 1 atom stereocenters. The third kappa shape index (κ3) is 3.59. The minimum Gasteiger partial charge on any atom is -0.381 e. The molecule has 3 nitrogen and oxygen atoms in total. The van der Waals surface area contributed by atoms with Crippen molar-refractivity contribution in [2.24, 2.45) is 0 Å². The highest BCUT2D eigenvalue weighted by atomic mass is 16.5. The molecular weight excluding hydrogens is 236 g/mol. The zero-order valence-corrected chi connectivity index (χ0v) is 12.1. The quantitative estimate of drug-likeness (QED) is 0.712. The van der Waals surface area contributed by atoms with Gasteiger partial charge in [-0.25, -0.2) is 0 Å². The molecule has 0 amide bonds. The lowest BCUT2D eigenvalue weighted by molar-refractivity contribution is 0.0350. The Morgan fingerprint density at radius 2 is 1.63 bits per heavy atom. The number of allylic oxidation sites excluding steroid dienone is 1. The summed E-state index contributed by atoms with van der Waals surface area (Å²) < 4.78 is 5.49. The molecule has 1 aliphatic carbocycles. The molecule has 0 spiro atoms. The third-order valence-corrected chi connectivity index (χ3v) is 4.97. The Labute approximate surface area is 117 Å². The van der Waals surface area contributed by atoms with Gasteiger partial charge in [0.15, 0.2) is 0 Å². The van der Waals surface area contributed by atoms with Crippen LogP contribution in [0.25, 0.3) is 0 Å². The minimum atomic E-state index is 0.725. The van der Waals surface area contributed by atoms with Gasteiger partial charge in [0.2, 0.25) is 0 Å². The highest BCUT2D eigenvalue weighted by Crippen LogP contribution is 2.21. The van der Waals surface area contributed by atoms with Gasteiger partial charge in [-0.05, 0) is 51.6 Å². The van der Waals surface area contributed by atoms with Crippen LogP contribution in [0.4, 0.5) is 0 Å². The fraction of sp³-hybridized carbons (Fsp3) is 0.875. The predicted molar refractivity (Wildman–Crippen MR) is 78.4 cm³/mol. The van der Waals surface area contributed by atoms with E-state index in [0.717, 1.165) is 25.3 Å². The smallest absolute Gasteiger partial charge is 0.0480 e. The fourth-order valence-electron chi connectivity index (χ4n) is 3.80. The van der Waals surface area contributed by atoms with E-state index in [2.05, 4.69) is 22.0 Å². The maximum atomic E-state index is 5.49. The lowest BCUT2D eigenvalue weighted by Crippen LogP contribution is -2.42. The van der Waals surface area contributed by atoms with E-state index in [9.17, 15) is 0 Å². The van der Waals surface area contributed by atoms with Crippen LogP contribution in [0.5, 0.6) is 0 Å². The van der Waals surface area contributed by atoms with Crippen molar-refractivity contribution < 1.29 is 4.74 Å². The molecule has 0 N–H and O–H groups in total. The second kappa shape index (κ2) is 6.87. The van der Waals surface area contributed by atoms with Gasteiger partial charge < -0.3 is 4.74 Å². The molecule has 3 heteroatoms. The van der Waals surface area contributed by atoms with Crippen molar-refractivity contribution >= 4 is 0 Å². The van der Waals surface area contributed by atoms with Crippen molar-refractivity contribution in [1.29, 1.82) is 0 Å². The van der Waals surface area contributed by atoms with Crippen molar-refractivity contribution in [2.45, 2.75) is 50.6 Å². The molecule has 0 bridgehead atoms. The van der Waals surface area contributed by atoms with Gasteiger partial charge in [0.25, 0.3) is 0 Å². The second-order valence-corrected chi connectivity index (χ2v) is 6.20. The van der Waals surface area contributed by atoms with E-state index in [1.807, 2.05) is 0 Å². The van der Waals surface area contributed by atoms with Crippen molar-refractivity contribution in [3.63, 3.8) is 0 Å². The van der Waals surface area contributed by atoms with Crippen LogP contribution in [-0.4, -0.2) is 61.3 Å². The van der Waals surface area contributed by atoms with Gasteiger partial charge in [0.05, 0.1) is 0 Å². The molecule has 2 saturated heterocycles. The molecule has 3 rings (SSSR count). The van der Waals surface area contributed by atoms with Crippen LogP contribution in [0.1, 0.15) is 38.5 Å². The Morgan fingerprint density at radius 1 is 0.842 bits per heavy atom. The van der Waals surface area contributed by atoms with Gasteiger partial charge in [-0.1, -0.05) is 12.2 Å². The first-order chi connectivity index (χ1) is 9.43. The monoisotopic (exact) mass is 264 g/mol. The number of ether oxygens (including phenoxy) is 1. The van der Waals surface area contributed by atoms with Crippen molar-refractivity contribution in [3.05, 3.63) is 12.2 Å². The van der Waals surface area contributed by atoms with Crippen LogP contribution < -0.4 is 0 Å². The summed E-state index contributed by atoms with van der Waals surface area (Å²) in [6.07, 6.45) is 12.7. The van der Waals surface area contributed by atoms with Gasteiger partial charge in [-0.15, -0.1) is 0 Å². The Kier molecular flexibility index (Phi) is 4.91. The molecule has 2 aliphatic heterocycles. The van der Waals surface area contributed by atoms with Gasteiger partial charge in [0, 0.05) is 38.4 Å². The van der Waals surface area contributed by atoms with E-state index in [0.29, 0.717) is 0 Å². The molecule has 19 heavy (non-hydrogen) atoms. The van der Waals surface area contributed by atoms with Crippen molar-refractivity contribution in [2.75, 3.05) is 39.4 Å². The molecule has 108 valence electrons. The Morgan fingerprint density at radius 3 is 2.42 bits per heavy atom. The van der Waals surface area contributed by atoms with E-state index in [1.165, 1.54) is 64.7 Å². The average Bonchev–Trinajstić information content (AvgIpc) is 2.75. The summed E-state index contributed by atoms with van der Waals surface area (Å²) >= 11 is 0. The summed E-state index contributed by atoms with van der Waals surface area (Å²) in [4.78, 5) is 5.45. The van der Waals surface area contributed by atoms with Crippen molar-refractivity contribution in [1.82, 2.24) is 9.80 Å². The van der Waals surface area contributed by atoms with Crippen LogP contribution in [0, 0.1) is 0 Å². The fourth-order valence-corrected chi connectivity index (χ4v) is 3.80. The predicted octanol–water partition coefficient (Wildman–Crippen LogP) is 2.28.